The fourth-order valence-electron chi connectivity index (χ4n) is 2.37. The van der Waals surface area contributed by atoms with Gasteiger partial charge in [0.25, 0.3) is 5.56 Å². The van der Waals surface area contributed by atoms with Gasteiger partial charge in [-0.2, -0.15) is 0 Å². The second-order valence-electron chi connectivity index (χ2n) is 4.47. The van der Waals surface area contributed by atoms with Gasteiger partial charge in [0.1, 0.15) is 5.69 Å². The van der Waals surface area contributed by atoms with Gasteiger partial charge in [0.15, 0.2) is 0 Å². The monoisotopic (exact) mass is 235 g/mol. The Morgan fingerprint density at radius 2 is 2.00 bits per heavy atom. The summed E-state index contributed by atoms with van der Waals surface area (Å²) < 4.78 is 2.53. The van der Waals surface area contributed by atoms with Gasteiger partial charge < -0.3 is 5.73 Å². The number of nitrogens with two attached hydrogens (primary N) is 1. The van der Waals surface area contributed by atoms with Crippen LogP contribution in [0.5, 0.6) is 0 Å². The van der Waals surface area contributed by atoms with E-state index in [1.54, 1.807) is 7.05 Å². The number of hydrogen-bond donors (Lipinski definition) is 1. The molecule has 0 spiro atoms. The van der Waals surface area contributed by atoms with E-state index < -0.39 is 5.56 Å². The summed E-state index contributed by atoms with van der Waals surface area (Å²) >= 11 is 0. The largest absolute Gasteiger partial charge is 0.393 e. The molecule has 17 heavy (non-hydrogen) atoms. The number of rotatable bonds is 1. The van der Waals surface area contributed by atoms with Gasteiger partial charge in [0.2, 0.25) is 0 Å². The molecule has 0 saturated carbocycles. The summed E-state index contributed by atoms with van der Waals surface area (Å²) in [7, 11) is 3.11. The summed E-state index contributed by atoms with van der Waals surface area (Å²) in [4.78, 5) is 23.7. The van der Waals surface area contributed by atoms with Gasteiger partial charge in [-0.05, 0) is 19.3 Å². The minimum atomic E-state index is -0.401. The molecule has 0 aliphatic heterocycles. The third-order valence-corrected chi connectivity index (χ3v) is 3.35. The van der Waals surface area contributed by atoms with Crippen molar-refractivity contribution in [3.63, 3.8) is 0 Å². The molecule has 0 aromatic carbocycles. The number of allylic oxidation sites excluding steroid dienone is 2. The molecule has 5 nitrogen and oxygen atoms in total. The number of anilines is 1. The highest BCUT2D eigenvalue weighted by Gasteiger charge is 2.20. The number of nitrogens with zero attached hydrogens (tertiary/aromatic N) is 2. The van der Waals surface area contributed by atoms with Crippen molar-refractivity contribution in [2.24, 2.45) is 14.1 Å². The Hall–Kier alpha value is -1.78. The Kier molecular flexibility index (Phi) is 2.92. The summed E-state index contributed by atoms with van der Waals surface area (Å²) in [5.41, 5.74) is 5.97. The normalized spacial score (nSPS) is 19.5. The molecule has 1 atom stereocenters. The molecule has 5 heteroatoms. The van der Waals surface area contributed by atoms with Crippen LogP contribution in [0.1, 0.15) is 30.9 Å². The first kappa shape index (κ1) is 11.7. The molecule has 0 fully saturated rings. The van der Waals surface area contributed by atoms with Gasteiger partial charge in [0, 0.05) is 20.0 Å². The van der Waals surface area contributed by atoms with Crippen LogP contribution >= 0.6 is 0 Å². The van der Waals surface area contributed by atoms with E-state index in [0.29, 0.717) is 5.69 Å². The molecule has 1 aliphatic rings. The van der Waals surface area contributed by atoms with Crippen LogP contribution in [0.25, 0.3) is 0 Å². The first-order chi connectivity index (χ1) is 8.04. The summed E-state index contributed by atoms with van der Waals surface area (Å²) in [6, 6.07) is 0. The first-order valence-electron chi connectivity index (χ1n) is 5.76. The van der Waals surface area contributed by atoms with E-state index in [4.69, 9.17) is 5.73 Å². The molecule has 2 rings (SSSR count). The van der Waals surface area contributed by atoms with Crippen molar-refractivity contribution in [3.8, 4) is 0 Å². The molecular weight excluding hydrogens is 218 g/mol. The number of nitrogen functional groups attached to an aromatic ring is 1. The van der Waals surface area contributed by atoms with Crippen molar-refractivity contribution in [1.29, 1.82) is 0 Å². The molecule has 0 amide bonds. The second kappa shape index (κ2) is 4.24. The summed E-state index contributed by atoms with van der Waals surface area (Å²) in [6.07, 6.45) is 7.16. The maximum absolute atomic E-state index is 11.9. The summed E-state index contributed by atoms with van der Waals surface area (Å²) in [5.74, 6) is 0.0790. The van der Waals surface area contributed by atoms with Gasteiger partial charge in [-0.15, -0.1) is 0 Å². The maximum Gasteiger partial charge on any atom is 0.330 e. The molecule has 1 aromatic heterocycles. The zero-order valence-electron chi connectivity index (χ0n) is 10.1. The Labute approximate surface area is 99.2 Å². The molecule has 1 aliphatic carbocycles. The topological polar surface area (TPSA) is 70.0 Å². The summed E-state index contributed by atoms with van der Waals surface area (Å²) in [5, 5.41) is 0. The van der Waals surface area contributed by atoms with Crippen LogP contribution in [0.2, 0.25) is 0 Å². The average molecular weight is 235 g/mol. The van der Waals surface area contributed by atoms with Crippen LogP contribution in [-0.4, -0.2) is 9.13 Å². The van der Waals surface area contributed by atoms with Crippen LogP contribution in [-0.2, 0) is 14.1 Å². The highest BCUT2D eigenvalue weighted by Crippen LogP contribution is 2.28. The van der Waals surface area contributed by atoms with Crippen molar-refractivity contribution in [3.05, 3.63) is 38.7 Å². The van der Waals surface area contributed by atoms with Crippen molar-refractivity contribution in [1.82, 2.24) is 9.13 Å². The van der Waals surface area contributed by atoms with E-state index in [2.05, 4.69) is 6.08 Å². The third kappa shape index (κ3) is 1.81. The molecule has 0 bridgehead atoms. The van der Waals surface area contributed by atoms with Gasteiger partial charge in [-0.1, -0.05) is 12.2 Å². The molecular formula is C12H17N3O2. The fraction of sp³-hybridized carbons (Fsp3) is 0.500. The number of aromatic nitrogens is 2. The molecule has 92 valence electrons. The zero-order chi connectivity index (χ0) is 12.6. The maximum atomic E-state index is 11.9. The molecule has 2 N–H and O–H groups in total. The third-order valence-electron chi connectivity index (χ3n) is 3.35. The average Bonchev–Trinajstić information content (AvgIpc) is 2.36. The highest BCUT2D eigenvalue weighted by atomic mass is 16.2. The quantitative estimate of drug-likeness (QED) is 0.720. The van der Waals surface area contributed by atoms with Crippen molar-refractivity contribution < 1.29 is 0 Å². The first-order valence-corrected chi connectivity index (χ1v) is 5.76. The van der Waals surface area contributed by atoms with Crippen LogP contribution in [0.15, 0.2) is 21.7 Å². The van der Waals surface area contributed by atoms with E-state index in [0.717, 1.165) is 23.8 Å². The highest BCUT2D eigenvalue weighted by molar-refractivity contribution is 5.44. The van der Waals surface area contributed by atoms with Crippen LogP contribution in [0.3, 0.4) is 0 Å². The number of hydrogen-bond acceptors (Lipinski definition) is 3. The fourth-order valence-corrected chi connectivity index (χ4v) is 2.37. The lowest BCUT2D eigenvalue weighted by Crippen LogP contribution is -2.40. The van der Waals surface area contributed by atoms with Crippen molar-refractivity contribution >= 4 is 5.69 Å². The van der Waals surface area contributed by atoms with E-state index in [-0.39, 0.29) is 17.3 Å². The van der Waals surface area contributed by atoms with E-state index >= 15 is 0 Å². The lowest BCUT2D eigenvalue weighted by atomic mass is 9.92. The smallest absolute Gasteiger partial charge is 0.330 e. The van der Waals surface area contributed by atoms with E-state index in [9.17, 15) is 9.59 Å². The minimum absolute atomic E-state index is 0.0790. The van der Waals surface area contributed by atoms with Gasteiger partial charge in [-0.25, -0.2) is 4.79 Å². The Balaban J connectivity index is 2.69. The molecule has 1 heterocycles. The zero-order valence-corrected chi connectivity index (χ0v) is 10.1. The summed E-state index contributed by atoms with van der Waals surface area (Å²) in [6.45, 7) is 0. The molecule has 0 radical (unpaired) electrons. The predicted octanol–water partition coefficient (Wildman–Crippen LogP) is 0.490. The second-order valence-corrected chi connectivity index (χ2v) is 4.47. The predicted molar refractivity (Wildman–Crippen MR) is 67.1 cm³/mol. The standard InChI is InChI=1S/C12H17N3O2/c1-14-10(8-6-4-3-5-7-8)9(13)11(16)15(2)12(14)17/h4,6,8H,3,5,7,13H2,1-2H3. The SMILES string of the molecule is Cn1c(C2C=CCCC2)c(N)c(=O)n(C)c1=O. The van der Waals surface area contributed by atoms with E-state index in [1.165, 1.54) is 11.6 Å². The minimum Gasteiger partial charge on any atom is -0.393 e. The lowest BCUT2D eigenvalue weighted by molar-refractivity contribution is 0.582. The van der Waals surface area contributed by atoms with Crippen molar-refractivity contribution in [2.75, 3.05) is 5.73 Å². The lowest BCUT2D eigenvalue weighted by Gasteiger charge is -2.21. The Bertz CT molecular complexity index is 543. The van der Waals surface area contributed by atoms with Crippen LogP contribution < -0.4 is 17.0 Å². The van der Waals surface area contributed by atoms with Gasteiger partial charge in [0.05, 0.1) is 5.69 Å². The van der Waals surface area contributed by atoms with Crippen LogP contribution in [0.4, 0.5) is 5.69 Å². The van der Waals surface area contributed by atoms with Crippen LogP contribution in [0, 0.1) is 0 Å². The Morgan fingerprint density at radius 1 is 1.29 bits per heavy atom. The van der Waals surface area contributed by atoms with Gasteiger partial charge in [-0.3, -0.25) is 13.9 Å². The molecule has 1 aromatic rings. The van der Waals surface area contributed by atoms with Gasteiger partial charge >= 0.3 is 5.69 Å². The molecule has 0 saturated heterocycles. The Morgan fingerprint density at radius 3 is 2.59 bits per heavy atom. The van der Waals surface area contributed by atoms with Crippen molar-refractivity contribution in [2.45, 2.75) is 25.2 Å². The molecule has 1 unspecified atom stereocenters. The van der Waals surface area contributed by atoms with E-state index in [1.807, 2.05) is 6.08 Å².